The molecule has 0 fully saturated rings. The van der Waals surface area contributed by atoms with Crippen LogP contribution in [0.25, 0.3) is 0 Å². The monoisotopic (exact) mass is 137 g/mol. The number of hydrogen-bond acceptors (Lipinski definition) is 1. The van der Waals surface area contributed by atoms with Gasteiger partial charge in [-0.2, -0.15) is 0 Å². The van der Waals surface area contributed by atoms with E-state index < -0.39 is 0 Å². The zero-order valence-corrected chi connectivity index (χ0v) is 6.72. The first-order valence-electron chi connectivity index (χ1n) is 3.64. The average molecular weight is 137 g/mol. The molecule has 0 bridgehead atoms. The van der Waals surface area contributed by atoms with E-state index in [1.165, 1.54) is 5.57 Å². The van der Waals surface area contributed by atoms with Crippen LogP contribution >= 0.6 is 0 Å². The van der Waals surface area contributed by atoms with Gasteiger partial charge in [-0.25, -0.2) is 0 Å². The molecule has 0 aromatic carbocycles. The predicted octanol–water partition coefficient (Wildman–Crippen LogP) is 1.86. The summed E-state index contributed by atoms with van der Waals surface area (Å²) in [6.45, 7) is 8.25. The molecular weight excluding hydrogens is 122 g/mol. The van der Waals surface area contributed by atoms with Crippen molar-refractivity contribution in [3.05, 3.63) is 24.3 Å². The highest BCUT2D eigenvalue weighted by atomic mass is 14.7. The van der Waals surface area contributed by atoms with E-state index in [1.54, 1.807) is 0 Å². The molecule has 1 aliphatic rings. The fourth-order valence-corrected chi connectivity index (χ4v) is 1.26. The Labute approximate surface area is 62.6 Å². The lowest BCUT2D eigenvalue weighted by atomic mass is 9.76. The summed E-state index contributed by atoms with van der Waals surface area (Å²) in [6, 6.07) is 0.193. The molecule has 1 nitrogen and oxygen atoms in total. The zero-order chi connectivity index (χ0) is 7.78. The molecule has 0 spiro atoms. The lowest BCUT2D eigenvalue weighted by molar-refractivity contribution is 0.316. The molecule has 0 aromatic heterocycles. The van der Waals surface area contributed by atoms with Crippen LogP contribution < -0.4 is 5.73 Å². The van der Waals surface area contributed by atoms with Crippen molar-refractivity contribution in [2.75, 3.05) is 0 Å². The molecule has 56 valence electrons. The second kappa shape index (κ2) is 2.24. The third-order valence-electron chi connectivity index (χ3n) is 2.12. The molecule has 1 unspecified atom stereocenters. The van der Waals surface area contributed by atoms with Crippen LogP contribution in [0.3, 0.4) is 0 Å². The third kappa shape index (κ3) is 1.29. The number of hydrogen-bond donors (Lipinski definition) is 1. The molecule has 1 aliphatic carbocycles. The molecule has 0 saturated carbocycles. The Morgan fingerprint density at radius 2 is 2.30 bits per heavy atom. The maximum Gasteiger partial charge on any atom is 0.0282 e. The molecule has 0 amide bonds. The first-order chi connectivity index (χ1) is 4.52. The Kier molecular flexibility index (Phi) is 1.69. The fourth-order valence-electron chi connectivity index (χ4n) is 1.26. The Morgan fingerprint density at radius 1 is 1.70 bits per heavy atom. The van der Waals surface area contributed by atoms with Gasteiger partial charge in [0.15, 0.2) is 0 Å². The van der Waals surface area contributed by atoms with Crippen molar-refractivity contribution in [2.45, 2.75) is 26.3 Å². The molecular formula is C9H15N. The van der Waals surface area contributed by atoms with Gasteiger partial charge in [0.05, 0.1) is 0 Å². The van der Waals surface area contributed by atoms with Crippen molar-refractivity contribution >= 4 is 0 Å². The molecule has 0 heterocycles. The molecule has 0 aliphatic heterocycles. The molecule has 0 saturated heterocycles. The lowest BCUT2D eigenvalue weighted by Gasteiger charge is -2.33. The van der Waals surface area contributed by atoms with E-state index >= 15 is 0 Å². The third-order valence-corrected chi connectivity index (χ3v) is 2.12. The second-order valence-electron chi connectivity index (χ2n) is 3.71. The minimum atomic E-state index is 0.193. The van der Waals surface area contributed by atoms with Gasteiger partial charge in [0.1, 0.15) is 0 Å². The topological polar surface area (TPSA) is 26.0 Å². The van der Waals surface area contributed by atoms with Crippen LogP contribution in [0.2, 0.25) is 0 Å². The van der Waals surface area contributed by atoms with Crippen LogP contribution in [0.4, 0.5) is 0 Å². The minimum absolute atomic E-state index is 0.193. The molecule has 1 rings (SSSR count). The van der Waals surface area contributed by atoms with Crippen LogP contribution in [-0.2, 0) is 0 Å². The summed E-state index contributed by atoms with van der Waals surface area (Å²) in [4.78, 5) is 0. The van der Waals surface area contributed by atoms with Crippen LogP contribution in [-0.4, -0.2) is 6.04 Å². The highest BCUT2D eigenvalue weighted by molar-refractivity contribution is 5.24. The van der Waals surface area contributed by atoms with E-state index in [4.69, 9.17) is 5.73 Å². The van der Waals surface area contributed by atoms with Crippen molar-refractivity contribution in [3.8, 4) is 0 Å². The van der Waals surface area contributed by atoms with Gasteiger partial charge in [0.2, 0.25) is 0 Å². The smallest absolute Gasteiger partial charge is 0.0282 e. The maximum atomic E-state index is 5.85. The first-order valence-corrected chi connectivity index (χ1v) is 3.64. The molecule has 2 N–H and O–H groups in total. The number of rotatable bonds is 0. The lowest BCUT2D eigenvalue weighted by Crippen LogP contribution is -2.37. The summed E-state index contributed by atoms with van der Waals surface area (Å²) in [7, 11) is 0. The van der Waals surface area contributed by atoms with Gasteiger partial charge in [-0.3, -0.25) is 0 Å². The normalized spacial score (nSPS) is 30.7. The van der Waals surface area contributed by atoms with Crippen molar-refractivity contribution in [1.29, 1.82) is 0 Å². The molecule has 1 atom stereocenters. The summed E-state index contributed by atoms with van der Waals surface area (Å²) in [6.07, 6.45) is 5.08. The van der Waals surface area contributed by atoms with Gasteiger partial charge in [-0.15, -0.1) is 0 Å². The van der Waals surface area contributed by atoms with Crippen LogP contribution in [0.5, 0.6) is 0 Å². The summed E-state index contributed by atoms with van der Waals surface area (Å²) >= 11 is 0. The molecule has 1 heteroatoms. The Balaban J connectivity index is 2.82. The molecule has 0 aromatic rings. The quantitative estimate of drug-likeness (QED) is 0.542. The van der Waals surface area contributed by atoms with E-state index in [0.29, 0.717) is 0 Å². The van der Waals surface area contributed by atoms with Crippen LogP contribution in [0.1, 0.15) is 20.3 Å². The van der Waals surface area contributed by atoms with Gasteiger partial charge in [0.25, 0.3) is 0 Å². The summed E-state index contributed by atoms with van der Waals surface area (Å²) in [5, 5.41) is 0. The average Bonchev–Trinajstić information content (AvgIpc) is 1.78. The fraction of sp³-hybridized carbons (Fsp3) is 0.556. The maximum absolute atomic E-state index is 5.85. The molecule has 10 heavy (non-hydrogen) atoms. The van der Waals surface area contributed by atoms with E-state index in [1.807, 2.05) is 12.2 Å². The molecule has 0 radical (unpaired) electrons. The largest absolute Gasteiger partial charge is 0.324 e. The number of nitrogens with two attached hydrogens (primary N) is 1. The van der Waals surface area contributed by atoms with E-state index in [-0.39, 0.29) is 11.5 Å². The van der Waals surface area contributed by atoms with Gasteiger partial charge in [-0.05, 0) is 11.8 Å². The Bertz CT molecular complexity index is 177. The van der Waals surface area contributed by atoms with Gasteiger partial charge in [0, 0.05) is 6.04 Å². The Morgan fingerprint density at radius 3 is 2.70 bits per heavy atom. The highest BCUT2D eigenvalue weighted by Gasteiger charge is 2.27. The minimum Gasteiger partial charge on any atom is -0.324 e. The van der Waals surface area contributed by atoms with Crippen LogP contribution in [0, 0.1) is 5.41 Å². The van der Waals surface area contributed by atoms with Crippen molar-refractivity contribution in [1.82, 2.24) is 0 Å². The number of allylic oxidation sites excluding steroid dienone is 2. The van der Waals surface area contributed by atoms with Gasteiger partial charge >= 0.3 is 0 Å². The van der Waals surface area contributed by atoms with Crippen molar-refractivity contribution in [2.24, 2.45) is 11.1 Å². The summed E-state index contributed by atoms with van der Waals surface area (Å²) < 4.78 is 0. The van der Waals surface area contributed by atoms with E-state index in [0.717, 1.165) is 6.42 Å². The second-order valence-corrected chi connectivity index (χ2v) is 3.71. The Hall–Kier alpha value is -0.560. The van der Waals surface area contributed by atoms with E-state index in [9.17, 15) is 0 Å². The van der Waals surface area contributed by atoms with Crippen molar-refractivity contribution in [3.63, 3.8) is 0 Å². The standard InChI is InChI=1S/C9H15N/c1-7-4-5-8(10)9(2,3)6-7/h4-5,8H,1,6,10H2,2-3H3. The highest BCUT2D eigenvalue weighted by Crippen LogP contribution is 2.32. The van der Waals surface area contributed by atoms with Crippen molar-refractivity contribution < 1.29 is 0 Å². The van der Waals surface area contributed by atoms with Gasteiger partial charge < -0.3 is 5.73 Å². The first kappa shape index (κ1) is 7.55. The summed E-state index contributed by atoms with van der Waals surface area (Å²) in [5.41, 5.74) is 7.23. The predicted molar refractivity (Wildman–Crippen MR) is 44.7 cm³/mol. The zero-order valence-electron chi connectivity index (χ0n) is 6.72. The SMILES string of the molecule is C=C1C=CC(N)C(C)(C)C1. The summed E-state index contributed by atoms with van der Waals surface area (Å²) in [5.74, 6) is 0. The van der Waals surface area contributed by atoms with Gasteiger partial charge in [-0.1, -0.05) is 38.2 Å². The van der Waals surface area contributed by atoms with Crippen LogP contribution in [0.15, 0.2) is 24.3 Å². The van der Waals surface area contributed by atoms with E-state index in [2.05, 4.69) is 20.4 Å².